The Morgan fingerprint density at radius 2 is 1.80 bits per heavy atom. The molecule has 132 valence electrons. The maximum absolute atomic E-state index is 11.1. The fourth-order valence-electron chi connectivity index (χ4n) is 2.51. The van der Waals surface area contributed by atoms with E-state index in [1.807, 2.05) is 59.5 Å². The number of anilines is 1. The molecule has 0 saturated carbocycles. The van der Waals surface area contributed by atoms with Gasteiger partial charge in [0.25, 0.3) is 0 Å². The molecule has 2 N–H and O–H groups in total. The summed E-state index contributed by atoms with van der Waals surface area (Å²) >= 11 is 0. The Labute approximate surface area is 148 Å². The lowest BCUT2D eigenvalue weighted by molar-refractivity contribution is -0.138. The van der Waals surface area contributed by atoms with Crippen molar-refractivity contribution in [2.75, 3.05) is 32.1 Å². The lowest BCUT2D eigenvalue weighted by atomic mass is 10.2. The number of rotatable bonds is 10. The standard InChI is InChI=1S/C20H24N2O3/c1-16(12-21-18-8-10-19(25-2)11-9-18)13-22(15-20(23)24)14-17-6-4-3-5-7-17/h3-11,21H,1,12-15H2,2H3,(H,23,24). The van der Waals surface area contributed by atoms with Gasteiger partial charge < -0.3 is 15.2 Å². The van der Waals surface area contributed by atoms with E-state index in [0.29, 0.717) is 19.6 Å². The molecule has 0 saturated heterocycles. The number of carboxylic acids is 1. The van der Waals surface area contributed by atoms with Crippen LogP contribution in [0.25, 0.3) is 0 Å². The first-order valence-electron chi connectivity index (χ1n) is 8.09. The van der Waals surface area contributed by atoms with Crippen molar-refractivity contribution in [2.24, 2.45) is 0 Å². The first kappa shape index (κ1) is 18.5. The van der Waals surface area contributed by atoms with E-state index in [0.717, 1.165) is 22.6 Å². The van der Waals surface area contributed by atoms with E-state index in [2.05, 4.69) is 11.9 Å². The monoisotopic (exact) mass is 340 g/mol. The lowest BCUT2D eigenvalue weighted by Crippen LogP contribution is -2.32. The molecular formula is C20H24N2O3. The van der Waals surface area contributed by atoms with E-state index in [9.17, 15) is 4.79 Å². The topological polar surface area (TPSA) is 61.8 Å². The van der Waals surface area contributed by atoms with Crippen LogP contribution in [-0.4, -0.2) is 42.7 Å². The Hall–Kier alpha value is -2.79. The van der Waals surface area contributed by atoms with Crippen LogP contribution >= 0.6 is 0 Å². The predicted molar refractivity (Wildman–Crippen MR) is 100.0 cm³/mol. The van der Waals surface area contributed by atoms with Gasteiger partial charge in [-0.3, -0.25) is 9.69 Å². The highest BCUT2D eigenvalue weighted by atomic mass is 16.5. The maximum atomic E-state index is 11.1. The molecule has 0 unspecified atom stereocenters. The van der Waals surface area contributed by atoms with Crippen LogP contribution in [0, 0.1) is 0 Å². The van der Waals surface area contributed by atoms with Crippen molar-refractivity contribution in [1.82, 2.24) is 4.90 Å². The largest absolute Gasteiger partial charge is 0.497 e. The number of nitrogens with one attached hydrogen (secondary N) is 1. The summed E-state index contributed by atoms with van der Waals surface area (Å²) in [5, 5.41) is 12.4. The van der Waals surface area contributed by atoms with Crippen LogP contribution in [0.4, 0.5) is 5.69 Å². The number of hydrogen-bond donors (Lipinski definition) is 2. The predicted octanol–water partition coefficient (Wildman–Crippen LogP) is 3.25. The van der Waals surface area contributed by atoms with Crippen LogP contribution in [0.2, 0.25) is 0 Å². The van der Waals surface area contributed by atoms with Crippen molar-refractivity contribution in [3.63, 3.8) is 0 Å². The highest BCUT2D eigenvalue weighted by Gasteiger charge is 2.11. The Kier molecular flexibility index (Phi) is 7.04. The summed E-state index contributed by atoms with van der Waals surface area (Å²) in [7, 11) is 1.63. The Morgan fingerprint density at radius 1 is 1.12 bits per heavy atom. The third-order valence-corrected chi connectivity index (χ3v) is 3.69. The minimum Gasteiger partial charge on any atom is -0.497 e. The molecular weight excluding hydrogens is 316 g/mol. The molecule has 2 rings (SSSR count). The summed E-state index contributed by atoms with van der Waals surface area (Å²) in [6.45, 7) is 5.73. The van der Waals surface area contributed by atoms with Crippen LogP contribution in [0.3, 0.4) is 0 Å². The number of benzene rings is 2. The molecule has 5 heteroatoms. The number of carbonyl (C=O) groups is 1. The average Bonchev–Trinajstić information content (AvgIpc) is 2.60. The maximum Gasteiger partial charge on any atom is 0.317 e. The summed E-state index contributed by atoms with van der Waals surface area (Å²) in [5.41, 5.74) is 2.97. The van der Waals surface area contributed by atoms with Crippen molar-refractivity contribution in [3.05, 3.63) is 72.3 Å². The lowest BCUT2D eigenvalue weighted by Gasteiger charge is -2.22. The summed E-state index contributed by atoms with van der Waals surface area (Å²) in [5.74, 6) is -0.0354. The van der Waals surface area contributed by atoms with Gasteiger partial charge in [-0.25, -0.2) is 0 Å². The molecule has 0 spiro atoms. The van der Waals surface area contributed by atoms with E-state index in [-0.39, 0.29) is 6.54 Å². The molecule has 0 aliphatic heterocycles. The molecule has 0 aliphatic carbocycles. The van der Waals surface area contributed by atoms with Crippen LogP contribution in [-0.2, 0) is 11.3 Å². The molecule has 0 aromatic heterocycles. The number of carboxylic acid groups (broad SMARTS) is 1. The van der Waals surface area contributed by atoms with Gasteiger partial charge in [-0.2, -0.15) is 0 Å². The molecule has 0 heterocycles. The Bertz CT molecular complexity index is 684. The van der Waals surface area contributed by atoms with E-state index in [1.54, 1.807) is 7.11 Å². The SMILES string of the molecule is C=C(CNc1ccc(OC)cc1)CN(CC(=O)O)Cc1ccccc1. The van der Waals surface area contributed by atoms with Crippen LogP contribution in [0.1, 0.15) is 5.56 Å². The van der Waals surface area contributed by atoms with Crippen molar-refractivity contribution in [1.29, 1.82) is 0 Å². The summed E-state index contributed by atoms with van der Waals surface area (Å²) in [4.78, 5) is 13.0. The molecule has 0 aliphatic rings. The van der Waals surface area contributed by atoms with Gasteiger partial charge >= 0.3 is 5.97 Å². The van der Waals surface area contributed by atoms with Gasteiger partial charge in [0.15, 0.2) is 0 Å². The van der Waals surface area contributed by atoms with Gasteiger partial charge in [0.2, 0.25) is 0 Å². The normalized spacial score (nSPS) is 10.5. The Balaban J connectivity index is 1.88. The van der Waals surface area contributed by atoms with E-state index in [4.69, 9.17) is 9.84 Å². The van der Waals surface area contributed by atoms with E-state index >= 15 is 0 Å². The first-order chi connectivity index (χ1) is 12.1. The number of ether oxygens (including phenoxy) is 1. The van der Waals surface area contributed by atoms with E-state index in [1.165, 1.54) is 0 Å². The van der Waals surface area contributed by atoms with E-state index < -0.39 is 5.97 Å². The van der Waals surface area contributed by atoms with Crippen molar-refractivity contribution in [2.45, 2.75) is 6.54 Å². The fourth-order valence-corrected chi connectivity index (χ4v) is 2.51. The number of aliphatic carboxylic acids is 1. The zero-order valence-electron chi connectivity index (χ0n) is 14.4. The highest BCUT2D eigenvalue weighted by molar-refractivity contribution is 5.69. The molecule has 5 nitrogen and oxygen atoms in total. The van der Waals surface area contributed by atoms with Gasteiger partial charge in [0.1, 0.15) is 5.75 Å². The molecule has 2 aromatic rings. The minimum atomic E-state index is -0.841. The minimum absolute atomic E-state index is 0.0174. The second kappa shape index (κ2) is 9.49. The van der Waals surface area contributed by atoms with Gasteiger partial charge in [0.05, 0.1) is 13.7 Å². The third-order valence-electron chi connectivity index (χ3n) is 3.69. The Morgan fingerprint density at radius 3 is 2.40 bits per heavy atom. The smallest absolute Gasteiger partial charge is 0.317 e. The number of nitrogens with zero attached hydrogens (tertiary/aromatic N) is 1. The summed E-state index contributed by atoms with van der Waals surface area (Å²) < 4.78 is 5.13. The second-order valence-electron chi connectivity index (χ2n) is 5.86. The first-order valence-corrected chi connectivity index (χ1v) is 8.09. The zero-order chi connectivity index (χ0) is 18.1. The second-order valence-corrected chi connectivity index (χ2v) is 5.86. The zero-order valence-corrected chi connectivity index (χ0v) is 14.4. The molecule has 0 fully saturated rings. The molecule has 2 aromatic carbocycles. The summed E-state index contributed by atoms with van der Waals surface area (Å²) in [6.07, 6.45) is 0. The molecule has 0 radical (unpaired) electrons. The van der Waals surface area contributed by atoms with Crippen molar-refractivity contribution < 1.29 is 14.6 Å². The van der Waals surface area contributed by atoms with Gasteiger partial charge in [-0.05, 0) is 35.4 Å². The number of hydrogen-bond acceptors (Lipinski definition) is 4. The summed E-state index contributed by atoms with van der Waals surface area (Å²) in [6, 6.07) is 17.5. The number of methoxy groups -OCH3 is 1. The molecule has 0 bridgehead atoms. The van der Waals surface area contributed by atoms with Crippen molar-refractivity contribution >= 4 is 11.7 Å². The van der Waals surface area contributed by atoms with Gasteiger partial charge in [-0.1, -0.05) is 36.9 Å². The fraction of sp³-hybridized carbons (Fsp3) is 0.250. The molecule has 25 heavy (non-hydrogen) atoms. The van der Waals surface area contributed by atoms with Crippen LogP contribution in [0.5, 0.6) is 5.75 Å². The van der Waals surface area contributed by atoms with Gasteiger partial charge in [0, 0.05) is 25.3 Å². The molecule has 0 amide bonds. The quantitative estimate of drug-likeness (QED) is 0.650. The molecule has 0 atom stereocenters. The average molecular weight is 340 g/mol. The third kappa shape index (κ3) is 6.69. The van der Waals surface area contributed by atoms with Crippen LogP contribution < -0.4 is 10.1 Å². The van der Waals surface area contributed by atoms with Gasteiger partial charge in [-0.15, -0.1) is 0 Å². The van der Waals surface area contributed by atoms with Crippen molar-refractivity contribution in [3.8, 4) is 5.75 Å². The highest BCUT2D eigenvalue weighted by Crippen LogP contribution is 2.15. The van der Waals surface area contributed by atoms with Crippen LogP contribution in [0.15, 0.2) is 66.7 Å².